The zero-order chi connectivity index (χ0) is 16.2. The van der Waals surface area contributed by atoms with Gasteiger partial charge in [0.2, 0.25) is 5.91 Å². The SMILES string of the molecule is CC(C)CNC(=O)CN1C(=O)NC2(CCCCCCC2)C1=O. The average molecular weight is 309 g/mol. The number of hydrogen-bond acceptors (Lipinski definition) is 3. The standard InChI is InChI=1S/C16H27N3O3/c1-12(2)10-17-13(20)11-19-14(21)16(18-15(19)22)8-6-4-3-5-7-9-16/h12H,3-11H2,1-2H3,(H,17,20)(H,18,22). The lowest BCUT2D eigenvalue weighted by atomic mass is 9.84. The molecule has 1 heterocycles. The molecule has 22 heavy (non-hydrogen) atoms. The molecule has 2 aliphatic rings. The summed E-state index contributed by atoms with van der Waals surface area (Å²) < 4.78 is 0. The Morgan fingerprint density at radius 3 is 2.36 bits per heavy atom. The van der Waals surface area contributed by atoms with Crippen LogP contribution in [0.1, 0.15) is 58.8 Å². The number of imide groups is 1. The minimum absolute atomic E-state index is 0.181. The van der Waals surface area contributed by atoms with E-state index in [1.807, 2.05) is 13.8 Å². The van der Waals surface area contributed by atoms with E-state index in [4.69, 9.17) is 0 Å². The van der Waals surface area contributed by atoms with Crippen molar-refractivity contribution in [2.45, 2.75) is 64.3 Å². The molecule has 1 aliphatic carbocycles. The van der Waals surface area contributed by atoms with Crippen LogP contribution >= 0.6 is 0 Å². The molecule has 124 valence electrons. The average Bonchev–Trinajstić information content (AvgIpc) is 2.66. The van der Waals surface area contributed by atoms with Gasteiger partial charge in [-0.05, 0) is 18.8 Å². The van der Waals surface area contributed by atoms with E-state index in [0.717, 1.165) is 30.6 Å². The van der Waals surface area contributed by atoms with Crippen molar-refractivity contribution < 1.29 is 14.4 Å². The molecule has 2 fully saturated rings. The lowest BCUT2D eigenvalue weighted by Gasteiger charge is -2.28. The molecule has 0 aromatic carbocycles. The molecule has 1 saturated carbocycles. The normalized spacial score (nSPS) is 21.7. The summed E-state index contributed by atoms with van der Waals surface area (Å²) in [5, 5.41) is 5.62. The number of hydrogen-bond donors (Lipinski definition) is 2. The van der Waals surface area contributed by atoms with Crippen LogP contribution in [0.2, 0.25) is 0 Å². The van der Waals surface area contributed by atoms with Crippen molar-refractivity contribution in [3.05, 3.63) is 0 Å². The molecule has 6 heteroatoms. The number of urea groups is 1. The summed E-state index contributed by atoms with van der Waals surface area (Å²) in [5.74, 6) is -0.164. The van der Waals surface area contributed by atoms with Gasteiger partial charge in [0.05, 0.1) is 0 Å². The minimum atomic E-state index is -0.768. The predicted octanol–water partition coefficient (Wildman–Crippen LogP) is 1.79. The second-order valence-corrected chi connectivity index (χ2v) is 6.87. The van der Waals surface area contributed by atoms with Gasteiger partial charge in [0.1, 0.15) is 12.1 Å². The molecular formula is C16H27N3O3. The van der Waals surface area contributed by atoms with Gasteiger partial charge in [-0.1, -0.05) is 46.0 Å². The van der Waals surface area contributed by atoms with Gasteiger partial charge in [-0.3, -0.25) is 14.5 Å². The highest BCUT2D eigenvalue weighted by Crippen LogP contribution is 2.31. The molecule has 0 radical (unpaired) electrons. The van der Waals surface area contributed by atoms with Gasteiger partial charge in [0.25, 0.3) is 5.91 Å². The number of carbonyl (C=O) groups is 3. The molecule has 0 bridgehead atoms. The largest absolute Gasteiger partial charge is 0.354 e. The third-order valence-corrected chi connectivity index (χ3v) is 4.46. The van der Waals surface area contributed by atoms with Crippen LogP contribution in [0.5, 0.6) is 0 Å². The Bertz CT molecular complexity index is 440. The molecule has 6 nitrogen and oxygen atoms in total. The van der Waals surface area contributed by atoms with Gasteiger partial charge in [0, 0.05) is 6.54 Å². The van der Waals surface area contributed by atoms with Crippen molar-refractivity contribution in [2.75, 3.05) is 13.1 Å². The maximum absolute atomic E-state index is 12.7. The lowest BCUT2D eigenvalue weighted by molar-refractivity contribution is -0.135. The van der Waals surface area contributed by atoms with Gasteiger partial charge in [-0.15, -0.1) is 0 Å². The van der Waals surface area contributed by atoms with Crippen molar-refractivity contribution in [3.8, 4) is 0 Å². The second kappa shape index (κ2) is 7.11. The quantitative estimate of drug-likeness (QED) is 0.777. The van der Waals surface area contributed by atoms with Crippen LogP contribution < -0.4 is 10.6 Å². The van der Waals surface area contributed by atoms with Crippen LogP contribution in [0.15, 0.2) is 0 Å². The van der Waals surface area contributed by atoms with Crippen LogP contribution in [-0.2, 0) is 9.59 Å². The first-order valence-corrected chi connectivity index (χ1v) is 8.35. The first-order valence-electron chi connectivity index (χ1n) is 8.35. The molecule has 2 rings (SSSR count). The summed E-state index contributed by atoms with van der Waals surface area (Å²) in [6.45, 7) is 4.36. The van der Waals surface area contributed by atoms with Crippen molar-refractivity contribution in [3.63, 3.8) is 0 Å². The number of rotatable bonds is 4. The molecule has 1 aliphatic heterocycles. The van der Waals surface area contributed by atoms with Crippen LogP contribution in [0.25, 0.3) is 0 Å². The fourth-order valence-electron chi connectivity index (χ4n) is 3.19. The molecule has 0 aromatic rings. The summed E-state index contributed by atoms with van der Waals surface area (Å²) in [5.41, 5.74) is -0.768. The smallest absolute Gasteiger partial charge is 0.325 e. The number of nitrogens with zero attached hydrogens (tertiary/aromatic N) is 1. The van der Waals surface area contributed by atoms with Crippen LogP contribution in [0.4, 0.5) is 4.79 Å². The summed E-state index contributed by atoms with van der Waals surface area (Å²) >= 11 is 0. The van der Waals surface area contributed by atoms with Crippen LogP contribution in [0, 0.1) is 5.92 Å². The molecular weight excluding hydrogens is 282 g/mol. The Morgan fingerprint density at radius 1 is 1.18 bits per heavy atom. The first-order chi connectivity index (χ1) is 10.4. The monoisotopic (exact) mass is 309 g/mol. The third kappa shape index (κ3) is 3.78. The first kappa shape index (κ1) is 16.8. The highest BCUT2D eigenvalue weighted by Gasteiger charge is 2.50. The Hall–Kier alpha value is -1.59. The summed E-state index contributed by atoms with van der Waals surface area (Å²) in [7, 11) is 0. The molecule has 4 amide bonds. The predicted molar refractivity (Wildman–Crippen MR) is 83.1 cm³/mol. The molecule has 2 N–H and O–H groups in total. The van der Waals surface area contributed by atoms with Gasteiger partial charge in [-0.25, -0.2) is 4.79 Å². The summed E-state index contributed by atoms with van der Waals surface area (Å²) in [4.78, 5) is 37.8. The lowest BCUT2D eigenvalue weighted by Crippen LogP contribution is -2.48. The van der Waals surface area contributed by atoms with E-state index in [1.54, 1.807) is 0 Å². The fraction of sp³-hybridized carbons (Fsp3) is 0.812. The summed E-state index contributed by atoms with van der Waals surface area (Å²) in [6.07, 6.45) is 6.64. The van der Waals surface area contributed by atoms with E-state index >= 15 is 0 Å². The zero-order valence-corrected chi connectivity index (χ0v) is 13.6. The molecule has 0 aromatic heterocycles. The van der Waals surface area contributed by atoms with Crippen LogP contribution in [0.3, 0.4) is 0 Å². The zero-order valence-electron chi connectivity index (χ0n) is 13.6. The van der Waals surface area contributed by atoms with Gasteiger partial charge >= 0.3 is 6.03 Å². The van der Waals surface area contributed by atoms with E-state index in [-0.39, 0.29) is 18.4 Å². The van der Waals surface area contributed by atoms with E-state index in [0.29, 0.717) is 25.3 Å². The Balaban J connectivity index is 1.99. The van der Waals surface area contributed by atoms with Gasteiger partial charge in [-0.2, -0.15) is 0 Å². The number of carbonyl (C=O) groups excluding carboxylic acids is 3. The van der Waals surface area contributed by atoms with Crippen LogP contribution in [-0.4, -0.2) is 41.4 Å². The van der Waals surface area contributed by atoms with Crippen molar-refractivity contribution >= 4 is 17.8 Å². The summed E-state index contributed by atoms with van der Waals surface area (Å²) in [6, 6.07) is -0.426. The van der Waals surface area contributed by atoms with Crippen molar-refractivity contribution in [1.29, 1.82) is 0 Å². The molecule has 1 spiro atoms. The second-order valence-electron chi connectivity index (χ2n) is 6.87. The Kier molecular flexibility index (Phi) is 5.42. The van der Waals surface area contributed by atoms with E-state index < -0.39 is 11.6 Å². The molecule has 0 unspecified atom stereocenters. The molecule has 1 saturated heterocycles. The fourth-order valence-corrected chi connectivity index (χ4v) is 3.19. The van der Waals surface area contributed by atoms with Crippen molar-refractivity contribution in [2.24, 2.45) is 5.92 Å². The maximum Gasteiger partial charge on any atom is 0.325 e. The molecule has 0 atom stereocenters. The number of nitrogens with one attached hydrogen (secondary N) is 2. The van der Waals surface area contributed by atoms with Gasteiger partial charge in [0.15, 0.2) is 0 Å². The topological polar surface area (TPSA) is 78.5 Å². The highest BCUT2D eigenvalue weighted by atomic mass is 16.2. The highest BCUT2D eigenvalue weighted by molar-refractivity contribution is 6.09. The minimum Gasteiger partial charge on any atom is -0.354 e. The number of amides is 4. The van der Waals surface area contributed by atoms with Crippen molar-refractivity contribution in [1.82, 2.24) is 15.5 Å². The van der Waals surface area contributed by atoms with E-state index in [9.17, 15) is 14.4 Å². The van der Waals surface area contributed by atoms with E-state index in [1.165, 1.54) is 6.42 Å². The van der Waals surface area contributed by atoms with E-state index in [2.05, 4.69) is 10.6 Å². The maximum atomic E-state index is 12.7. The van der Waals surface area contributed by atoms with Gasteiger partial charge < -0.3 is 10.6 Å². The third-order valence-electron chi connectivity index (χ3n) is 4.46. The Labute approximate surface area is 132 Å². The Morgan fingerprint density at radius 2 is 1.77 bits per heavy atom.